The van der Waals surface area contributed by atoms with Crippen molar-refractivity contribution in [2.45, 2.75) is 62.8 Å². The number of carbonyl (C=O) groups is 2. The number of amides is 1. The summed E-state index contributed by atoms with van der Waals surface area (Å²) in [4.78, 5) is 29.4. The van der Waals surface area contributed by atoms with Crippen LogP contribution in [0.4, 0.5) is 0 Å². The minimum atomic E-state index is -0.675. The summed E-state index contributed by atoms with van der Waals surface area (Å²) < 4.78 is 2.04. The number of carboxylic acids is 1. The molecular formula is C20H23N3O3. The van der Waals surface area contributed by atoms with E-state index >= 15 is 0 Å². The van der Waals surface area contributed by atoms with Crippen LogP contribution in [0.2, 0.25) is 0 Å². The van der Waals surface area contributed by atoms with E-state index in [4.69, 9.17) is 4.98 Å². The van der Waals surface area contributed by atoms with Crippen LogP contribution in [0.25, 0.3) is 5.52 Å². The van der Waals surface area contributed by atoms with E-state index in [1.165, 1.54) is 0 Å². The fraction of sp³-hybridized carbons (Fsp3) is 0.550. The van der Waals surface area contributed by atoms with E-state index in [1.807, 2.05) is 28.8 Å². The van der Waals surface area contributed by atoms with Crippen molar-refractivity contribution in [3.8, 4) is 0 Å². The van der Waals surface area contributed by atoms with Crippen molar-refractivity contribution in [1.29, 1.82) is 0 Å². The fourth-order valence-electron chi connectivity index (χ4n) is 4.85. The van der Waals surface area contributed by atoms with Crippen LogP contribution in [0.1, 0.15) is 73.6 Å². The van der Waals surface area contributed by atoms with E-state index in [0.717, 1.165) is 43.4 Å². The van der Waals surface area contributed by atoms with Gasteiger partial charge in [-0.15, -0.1) is 0 Å². The van der Waals surface area contributed by atoms with Crippen molar-refractivity contribution < 1.29 is 14.7 Å². The lowest BCUT2D eigenvalue weighted by Gasteiger charge is -2.51. The summed E-state index contributed by atoms with van der Waals surface area (Å²) in [6.07, 6.45) is 8.44. The number of nitrogens with zero attached hydrogens (tertiary/aromatic N) is 2. The molecule has 0 aliphatic heterocycles. The number of imidazole rings is 1. The lowest BCUT2D eigenvalue weighted by atomic mass is 9.57. The SMILES string of the molecule is O=C(NC12CCC(C(=O)O)(CC1)CC2)c1nc(C2CC2)n2ccccc12. The summed E-state index contributed by atoms with van der Waals surface area (Å²) in [6.45, 7) is 0. The number of carboxylic acid groups (broad SMARTS) is 1. The number of hydrogen-bond donors (Lipinski definition) is 2. The van der Waals surface area contributed by atoms with Crippen LogP contribution in [0.5, 0.6) is 0 Å². The molecule has 0 radical (unpaired) electrons. The van der Waals surface area contributed by atoms with Gasteiger partial charge in [0.25, 0.3) is 5.91 Å². The van der Waals surface area contributed by atoms with Crippen molar-refractivity contribution in [3.63, 3.8) is 0 Å². The summed E-state index contributed by atoms with van der Waals surface area (Å²) in [7, 11) is 0. The number of carbonyl (C=O) groups excluding carboxylic acids is 1. The number of pyridine rings is 1. The van der Waals surface area contributed by atoms with Gasteiger partial charge in [-0.3, -0.25) is 9.59 Å². The van der Waals surface area contributed by atoms with Crippen LogP contribution in [0.3, 0.4) is 0 Å². The van der Waals surface area contributed by atoms with Gasteiger partial charge in [0.15, 0.2) is 5.69 Å². The number of aliphatic carboxylic acids is 1. The number of rotatable bonds is 4. The van der Waals surface area contributed by atoms with E-state index in [0.29, 0.717) is 30.9 Å². The highest BCUT2D eigenvalue weighted by Crippen LogP contribution is 2.52. The first-order valence-electron chi connectivity index (χ1n) is 9.55. The Morgan fingerprint density at radius 3 is 2.42 bits per heavy atom. The molecule has 0 aromatic carbocycles. The Bertz CT molecular complexity index is 888. The molecule has 0 unspecified atom stereocenters. The van der Waals surface area contributed by atoms with Gasteiger partial charge in [-0.2, -0.15) is 0 Å². The third-order valence-electron chi connectivity index (χ3n) is 6.81. The topological polar surface area (TPSA) is 83.7 Å². The maximum absolute atomic E-state index is 13.1. The van der Waals surface area contributed by atoms with Crippen LogP contribution in [0, 0.1) is 5.41 Å². The molecule has 2 heterocycles. The molecule has 4 aliphatic carbocycles. The van der Waals surface area contributed by atoms with E-state index in [1.54, 1.807) is 0 Å². The average molecular weight is 353 g/mol. The molecule has 136 valence electrons. The Morgan fingerprint density at radius 2 is 1.81 bits per heavy atom. The van der Waals surface area contributed by atoms with Crippen LogP contribution < -0.4 is 5.32 Å². The highest BCUT2D eigenvalue weighted by Gasteiger charge is 2.53. The largest absolute Gasteiger partial charge is 0.481 e. The minimum absolute atomic E-state index is 0.120. The van der Waals surface area contributed by atoms with Gasteiger partial charge in [0.2, 0.25) is 0 Å². The molecule has 4 fully saturated rings. The molecule has 0 spiro atoms. The predicted molar refractivity (Wildman–Crippen MR) is 95.1 cm³/mol. The molecule has 2 bridgehead atoms. The highest BCUT2D eigenvalue weighted by molar-refractivity contribution is 5.99. The van der Waals surface area contributed by atoms with Gasteiger partial charge in [0.05, 0.1) is 10.9 Å². The van der Waals surface area contributed by atoms with Crippen LogP contribution >= 0.6 is 0 Å². The molecule has 6 rings (SSSR count). The molecular weight excluding hydrogens is 330 g/mol. The fourth-order valence-corrected chi connectivity index (χ4v) is 4.85. The van der Waals surface area contributed by atoms with Crippen LogP contribution in [0.15, 0.2) is 24.4 Å². The second-order valence-corrected chi connectivity index (χ2v) is 8.37. The molecule has 26 heavy (non-hydrogen) atoms. The number of fused-ring (bicyclic) bond motifs is 4. The molecule has 2 aromatic heterocycles. The summed E-state index contributed by atoms with van der Waals surface area (Å²) in [5.74, 6) is 0.655. The van der Waals surface area contributed by atoms with Gasteiger partial charge in [0, 0.05) is 17.7 Å². The predicted octanol–water partition coefficient (Wildman–Crippen LogP) is 3.12. The average Bonchev–Trinajstić information content (AvgIpc) is 3.43. The Morgan fingerprint density at radius 1 is 1.12 bits per heavy atom. The van der Waals surface area contributed by atoms with E-state index in [2.05, 4.69) is 5.32 Å². The van der Waals surface area contributed by atoms with Crippen molar-refractivity contribution in [2.24, 2.45) is 5.41 Å². The minimum Gasteiger partial charge on any atom is -0.481 e. The first-order valence-corrected chi connectivity index (χ1v) is 9.55. The number of hydrogen-bond acceptors (Lipinski definition) is 3. The van der Waals surface area contributed by atoms with Crippen molar-refractivity contribution in [3.05, 3.63) is 35.9 Å². The lowest BCUT2D eigenvalue weighted by molar-refractivity contribution is -0.156. The van der Waals surface area contributed by atoms with Gasteiger partial charge in [-0.25, -0.2) is 4.98 Å². The molecule has 1 amide bonds. The van der Waals surface area contributed by atoms with Gasteiger partial charge < -0.3 is 14.8 Å². The summed E-state index contributed by atoms with van der Waals surface area (Å²) >= 11 is 0. The zero-order chi connectivity index (χ0) is 17.9. The smallest absolute Gasteiger partial charge is 0.309 e. The second kappa shape index (κ2) is 5.32. The quantitative estimate of drug-likeness (QED) is 0.884. The molecule has 6 heteroatoms. The monoisotopic (exact) mass is 353 g/mol. The number of aromatic nitrogens is 2. The van der Waals surface area contributed by atoms with Crippen molar-refractivity contribution in [2.75, 3.05) is 0 Å². The third-order valence-corrected chi connectivity index (χ3v) is 6.81. The van der Waals surface area contributed by atoms with Gasteiger partial charge in [0.1, 0.15) is 5.82 Å². The normalized spacial score (nSPS) is 30.5. The summed E-state index contributed by atoms with van der Waals surface area (Å²) in [5.41, 5.74) is 0.531. The molecule has 0 atom stereocenters. The summed E-state index contributed by atoms with van der Waals surface area (Å²) in [6, 6.07) is 5.85. The highest BCUT2D eigenvalue weighted by atomic mass is 16.4. The first-order chi connectivity index (χ1) is 12.5. The second-order valence-electron chi connectivity index (χ2n) is 8.37. The molecule has 2 N–H and O–H groups in total. The molecule has 4 aliphatic rings. The maximum atomic E-state index is 13.1. The molecule has 0 saturated heterocycles. The van der Waals surface area contributed by atoms with Gasteiger partial charge in [-0.05, 0) is 63.5 Å². The van der Waals surface area contributed by atoms with E-state index in [-0.39, 0.29) is 11.4 Å². The van der Waals surface area contributed by atoms with E-state index < -0.39 is 11.4 Å². The Labute approximate surface area is 151 Å². The van der Waals surface area contributed by atoms with Crippen molar-refractivity contribution >= 4 is 17.4 Å². The Kier molecular flexibility index (Phi) is 3.24. The van der Waals surface area contributed by atoms with E-state index in [9.17, 15) is 14.7 Å². The first kappa shape index (κ1) is 15.9. The molecule has 2 aromatic rings. The lowest BCUT2D eigenvalue weighted by Crippen LogP contribution is -2.58. The standard InChI is InChI=1S/C20H23N3O3/c24-17(22-20-9-6-19(7-10-20,8-11-20)18(25)26)15-14-3-1-2-12-23(14)16(21-15)13-4-5-13/h1-3,12-13H,4-11H2,(H,22,24)(H,25,26). The van der Waals surface area contributed by atoms with Crippen LogP contribution in [-0.2, 0) is 4.79 Å². The van der Waals surface area contributed by atoms with Crippen molar-refractivity contribution in [1.82, 2.24) is 14.7 Å². The van der Waals surface area contributed by atoms with Gasteiger partial charge >= 0.3 is 5.97 Å². The summed E-state index contributed by atoms with van der Waals surface area (Å²) in [5, 5.41) is 12.8. The zero-order valence-electron chi connectivity index (χ0n) is 14.7. The molecule has 6 nitrogen and oxygen atoms in total. The number of nitrogens with one attached hydrogen (secondary N) is 1. The maximum Gasteiger partial charge on any atom is 0.309 e. The third kappa shape index (κ3) is 2.27. The van der Waals surface area contributed by atoms with Gasteiger partial charge in [-0.1, -0.05) is 6.07 Å². The zero-order valence-corrected chi connectivity index (χ0v) is 14.7. The Hall–Kier alpha value is -2.37. The molecule has 4 saturated carbocycles. The Balaban J connectivity index is 1.42. The van der Waals surface area contributed by atoms with Crippen LogP contribution in [-0.4, -0.2) is 31.9 Å².